The second kappa shape index (κ2) is 4.19. The van der Waals surface area contributed by atoms with Crippen LogP contribution in [0.4, 0.5) is 4.39 Å². The molecule has 14 heavy (non-hydrogen) atoms. The van der Waals surface area contributed by atoms with Gasteiger partial charge in [0.1, 0.15) is 10.8 Å². The Bertz CT molecular complexity index is 474. The van der Waals surface area contributed by atoms with Crippen molar-refractivity contribution in [3.63, 3.8) is 0 Å². The third-order valence-electron chi connectivity index (χ3n) is 1.58. The van der Waals surface area contributed by atoms with Gasteiger partial charge in [0.25, 0.3) is 0 Å². The van der Waals surface area contributed by atoms with Gasteiger partial charge in [0, 0.05) is 28.2 Å². The van der Waals surface area contributed by atoms with Crippen molar-refractivity contribution in [2.45, 2.75) is 0 Å². The summed E-state index contributed by atoms with van der Waals surface area (Å²) in [4.78, 5) is 4.12. The Hall–Kier alpha value is -0.0800. The van der Waals surface area contributed by atoms with Crippen molar-refractivity contribution in [2.75, 3.05) is 0 Å². The Labute approximate surface area is 106 Å². The molecule has 0 radical (unpaired) electrons. The first-order chi connectivity index (χ1) is 6.68. The van der Waals surface area contributed by atoms with Crippen LogP contribution < -0.4 is 0 Å². The lowest BCUT2D eigenvalue weighted by atomic mass is 10.2. The number of hydrogen-bond acceptors (Lipinski definition) is 3. The molecule has 0 atom stereocenters. The lowest BCUT2D eigenvalue weighted by molar-refractivity contribution is 0.624. The molecule has 6 heteroatoms. The van der Waals surface area contributed by atoms with Gasteiger partial charge in [0.2, 0.25) is 3.83 Å². The van der Waals surface area contributed by atoms with Gasteiger partial charge in [0.15, 0.2) is 0 Å². The van der Waals surface area contributed by atoms with Gasteiger partial charge in [-0.1, -0.05) is 6.07 Å². The fourth-order valence-electron chi connectivity index (χ4n) is 0.984. The van der Waals surface area contributed by atoms with E-state index in [0.717, 1.165) is 0 Å². The van der Waals surface area contributed by atoms with E-state index in [0.29, 0.717) is 18.9 Å². The van der Waals surface area contributed by atoms with Crippen molar-refractivity contribution < 1.29 is 4.39 Å². The van der Waals surface area contributed by atoms with Crippen LogP contribution in [0.15, 0.2) is 22.7 Å². The van der Waals surface area contributed by atoms with Crippen LogP contribution >= 0.6 is 50.1 Å². The molecule has 1 heterocycles. The van der Waals surface area contributed by atoms with Crippen molar-refractivity contribution in [2.24, 2.45) is 0 Å². The number of rotatable bonds is 1. The zero-order valence-corrected chi connectivity index (χ0v) is 11.2. The summed E-state index contributed by atoms with van der Waals surface area (Å²) in [6.07, 6.45) is 0. The number of halogens is 3. The second-order valence-corrected chi connectivity index (χ2v) is 5.04. The summed E-state index contributed by atoms with van der Waals surface area (Å²) in [7, 11) is 0. The third-order valence-corrected chi connectivity index (χ3v) is 3.75. The van der Waals surface area contributed by atoms with Crippen LogP contribution in [0.3, 0.4) is 0 Å². The van der Waals surface area contributed by atoms with E-state index in [1.54, 1.807) is 18.2 Å². The smallest absolute Gasteiger partial charge is 0.203 e. The first kappa shape index (κ1) is 10.4. The maximum Gasteiger partial charge on any atom is 0.203 e. The molecule has 0 aliphatic heterocycles. The first-order valence-electron chi connectivity index (χ1n) is 3.62. The van der Waals surface area contributed by atoms with E-state index in [1.807, 2.05) is 22.6 Å². The molecule has 0 saturated heterocycles. The fourth-order valence-corrected chi connectivity index (χ4v) is 2.64. The summed E-state index contributed by atoms with van der Waals surface area (Å²) in [5.74, 6) is -0.292. The minimum atomic E-state index is -0.292. The Morgan fingerprint density at radius 2 is 2.21 bits per heavy atom. The standard InChI is InChI=1S/C8H3BrFIN2S/c9-5-3-1-2-4(6(5)10)7-12-8(11)13-14-7/h1-3H. The van der Waals surface area contributed by atoms with E-state index < -0.39 is 0 Å². The molecule has 0 aliphatic rings. The molecule has 0 unspecified atom stereocenters. The molecule has 2 rings (SSSR count). The van der Waals surface area contributed by atoms with Gasteiger partial charge in [-0.05, 0) is 39.6 Å². The molecule has 72 valence electrons. The van der Waals surface area contributed by atoms with Crippen molar-refractivity contribution in [3.8, 4) is 10.6 Å². The lowest BCUT2D eigenvalue weighted by Crippen LogP contribution is -1.84. The first-order valence-corrected chi connectivity index (χ1v) is 6.26. The summed E-state index contributed by atoms with van der Waals surface area (Å²) >= 11 is 6.33. The van der Waals surface area contributed by atoms with E-state index in [4.69, 9.17) is 0 Å². The number of benzene rings is 1. The number of aromatic nitrogens is 2. The minimum Gasteiger partial charge on any atom is -0.209 e. The molecule has 0 amide bonds. The number of hydrogen-bond donors (Lipinski definition) is 0. The molecule has 0 bridgehead atoms. The normalized spacial score (nSPS) is 10.5. The Balaban J connectivity index is 2.57. The summed E-state index contributed by atoms with van der Waals surface area (Å²) in [6.45, 7) is 0. The molecule has 1 aromatic carbocycles. The summed E-state index contributed by atoms with van der Waals surface area (Å²) in [6, 6.07) is 5.12. The molecule has 1 aromatic heterocycles. The van der Waals surface area contributed by atoms with Gasteiger partial charge in [-0.2, -0.15) is 4.37 Å². The Kier molecular flexibility index (Phi) is 3.13. The third kappa shape index (κ3) is 1.96. The van der Waals surface area contributed by atoms with E-state index >= 15 is 0 Å². The molecule has 0 fully saturated rings. The summed E-state index contributed by atoms with van der Waals surface area (Å²) < 4.78 is 18.7. The second-order valence-electron chi connectivity index (χ2n) is 2.47. The van der Waals surface area contributed by atoms with Crippen molar-refractivity contribution in [1.82, 2.24) is 9.36 Å². The van der Waals surface area contributed by atoms with Crippen molar-refractivity contribution >= 4 is 50.1 Å². The van der Waals surface area contributed by atoms with Gasteiger partial charge in [-0.3, -0.25) is 0 Å². The van der Waals surface area contributed by atoms with Gasteiger partial charge in [-0.25, -0.2) is 9.37 Å². The van der Waals surface area contributed by atoms with E-state index in [-0.39, 0.29) is 5.82 Å². The zero-order chi connectivity index (χ0) is 10.1. The van der Waals surface area contributed by atoms with Crippen LogP contribution in [0.25, 0.3) is 10.6 Å². The van der Waals surface area contributed by atoms with E-state index in [1.165, 1.54) is 11.5 Å². The van der Waals surface area contributed by atoms with Gasteiger partial charge < -0.3 is 0 Å². The highest BCUT2D eigenvalue weighted by atomic mass is 127. The highest BCUT2D eigenvalue weighted by Gasteiger charge is 2.11. The monoisotopic (exact) mass is 384 g/mol. The van der Waals surface area contributed by atoms with Gasteiger partial charge >= 0.3 is 0 Å². The van der Waals surface area contributed by atoms with Gasteiger partial charge in [-0.15, -0.1) is 0 Å². The van der Waals surface area contributed by atoms with E-state index in [2.05, 4.69) is 25.3 Å². The van der Waals surface area contributed by atoms with Crippen LogP contribution in [0.2, 0.25) is 0 Å². The molecule has 0 spiro atoms. The number of nitrogens with zero attached hydrogens (tertiary/aromatic N) is 2. The lowest BCUT2D eigenvalue weighted by Gasteiger charge is -1.99. The molecule has 0 N–H and O–H groups in total. The van der Waals surface area contributed by atoms with Crippen LogP contribution in [0.5, 0.6) is 0 Å². The van der Waals surface area contributed by atoms with Crippen molar-refractivity contribution in [1.29, 1.82) is 0 Å². The largest absolute Gasteiger partial charge is 0.209 e. The molecular weight excluding hydrogens is 382 g/mol. The van der Waals surface area contributed by atoms with Crippen LogP contribution in [0.1, 0.15) is 0 Å². The Morgan fingerprint density at radius 3 is 2.86 bits per heavy atom. The maximum absolute atomic E-state index is 13.6. The topological polar surface area (TPSA) is 25.8 Å². The average molecular weight is 385 g/mol. The van der Waals surface area contributed by atoms with Crippen LogP contribution in [0, 0.1) is 9.65 Å². The predicted molar refractivity (Wildman–Crippen MR) is 65.7 cm³/mol. The minimum absolute atomic E-state index is 0.292. The summed E-state index contributed by atoms with van der Waals surface area (Å²) in [5.41, 5.74) is 0.486. The highest BCUT2D eigenvalue weighted by Crippen LogP contribution is 2.28. The maximum atomic E-state index is 13.6. The molecule has 0 saturated carbocycles. The van der Waals surface area contributed by atoms with Crippen LogP contribution in [-0.4, -0.2) is 9.36 Å². The Morgan fingerprint density at radius 1 is 1.43 bits per heavy atom. The molecular formula is C8H3BrFIN2S. The molecule has 0 aliphatic carbocycles. The summed E-state index contributed by atoms with van der Waals surface area (Å²) in [5, 5.41) is 0.605. The van der Waals surface area contributed by atoms with Gasteiger partial charge in [0.05, 0.1) is 4.47 Å². The average Bonchev–Trinajstić information content (AvgIpc) is 2.57. The van der Waals surface area contributed by atoms with Crippen LogP contribution in [-0.2, 0) is 0 Å². The van der Waals surface area contributed by atoms with E-state index in [9.17, 15) is 4.39 Å². The zero-order valence-electron chi connectivity index (χ0n) is 6.67. The molecule has 2 nitrogen and oxygen atoms in total. The highest BCUT2D eigenvalue weighted by molar-refractivity contribution is 14.1. The quantitative estimate of drug-likeness (QED) is 0.700. The molecule has 2 aromatic rings. The van der Waals surface area contributed by atoms with Crippen molar-refractivity contribution in [3.05, 3.63) is 32.3 Å². The SMILES string of the molecule is Fc1c(Br)cccc1-c1nc(I)ns1. The predicted octanol–water partition coefficient (Wildman–Crippen LogP) is 3.71. The fraction of sp³-hybridized carbons (Fsp3) is 0.